The van der Waals surface area contributed by atoms with Crippen molar-refractivity contribution in [1.82, 2.24) is 14.7 Å². The van der Waals surface area contributed by atoms with Gasteiger partial charge in [-0.15, -0.1) is 0 Å². The monoisotopic (exact) mass is 352 g/mol. The fraction of sp³-hybridized carbons (Fsp3) is 0.211. The summed E-state index contributed by atoms with van der Waals surface area (Å²) in [7, 11) is 1.56. The quantitative estimate of drug-likeness (QED) is 0.667. The zero-order chi connectivity index (χ0) is 18.5. The van der Waals surface area contributed by atoms with Gasteiger partial charge in [0.2, 0.25) is 5.82 Å². The molecule has 134 valence electrons. The molecule has 0 unspecified atom stereocenters. The molecule has 26 heavy (non-hydrogen) atoms. The summed E-state index contributed by atoms with van der Waals surface area (Å²) < 4.78 is 6.54. The summed E-state index contributed by atoms with van der Waals surface area (Å²) in [5, 5.41) is 5.58. The molecule has 0 aliphatic heterocycles. The maximum atomic E-state index is 12.7. The van der Waals surface area contributed by atoms with Gasteiger partial charge in [-0.3, -0.25) is 14.0 Å². The fourth-order valence-corrected chi connectivity index (χ4v) is 2.61. The molecule has 0 bridgehead atoms. The normalized spacial score (nSPS) is 10.7. The van der Waals surface area contributed by atoms with Crippen LogP contribution in [0.15, 0.2) is 48.7 Å². The van der Waals surface area contributed by atoms with Crippen LogP contribution >= 0.6 is 0 Å². The number of hydrogen-bond donors (Lipinski definition) is 2. The minimum absolute atomic E-state index is 0.159. The van der Waals surface area contributed by atoms with Gasteiger partial charge in [0.25, 0.3) is 11.8 Å². The van der Waals surface area contributed by atoms with Crippen LogP contribution in [0.1, 0.15) is 26.7 Å². The van der Waals surface area contributed by atoms with E-state index in [4.69, 9.17) is 4.74 Å². The third-order valence-electron chi connectivity index (χ3n) is 3.95. The molecule has 2 heterocycles. The number of pyridine rings is 1. The van der Waals surface area contributed by atoms with E-state index in [9.17, 15) is 9.59 Å². The number of anilines is 1. The average molecular weight is 352 g/mol. The first-order valence-electron chi connectivity index (χ1n) is 8.23. The molecule has 0 spiro atoms. The number of aromatic nitrogens is 2. The SMILES string of the molecule is COCCNC(=O)c1nc(C(=O)Nc2ccccc2C)c2ccccn12. The number of aryl methyl sites for hydroxylation is 1. The first-order valence-corrected chi connectivity index (χ1v) is 8.23. The van der Waals surface area contributed by atoms with E-state index in [1.165, 1.54) is 0 Å². The lowest BCUT2D eigenvalue weighted by Crippen LogP contribution is -2.28. The van der Waals surface area contributed by atoms with Crippen molar-refractivity contribution in [3.8, 4) is 0 Å². The summed E-state index contributed by atoms with van der Waals surface area (Å²) in [4.78, 5) is 29.4. The number of benzene rings is 1. The van der Waals surface area contributed by atoms with Crippen molar-refractivity contribution < 1.29 is 14.3 Å². The Kier molecular flexibility index (Phi) is 5.28. The summed E-state index contributed by atoms with van der Waals surface area (Å²) >= 11 is 0. The first kappa shape index (κ1) is 17.6. The lowest BCUT2D eigenvalue weighted by molar-refractivity contribution is 0.0926. The molecule has 2 aromatic heterocycles. The van der Waals surface area contributed by atoms with Crippen molar-refractivity contribution in [2.45, 2.75) is 6.92 Å². The van der Waals surface area contributed by atoms with Gasteiger partial charge in [0.15, 0.2) is 5.69 Å². The number of imidazole rings is 1. The lowest BCUT2D eigenvalue weighted by atomic mass is 10.2. The molecule has 3 rings (SSSR count). The number of para-hydroxylation sites is 1. The maximum Gasteiger partial charge on any atom is 0.287 e. The van der Waals surface area contributed by atoms with Gasteiger partial charge >= 0.3 is 0 Å². The zero-order valence-corrected chi connectivity index (χ0v) is 14.7. The number of hydrogen-bond acceptors (Lipinski definition) is 4. The van der Waals surface area contributed by atoms with Crippen LogP contribution in [0.4, 0.5) is 5.69 Å². The van der Waals surface area contributed by atoms with E-state index in [0.717, 1.165) is 5.56 Å². The largest absolute Gasteiger partial charge is 0.383 e. The molecule has 1 aromatic carbocycles. The Labute approximate surface area is 151 Å². The highest BCUT2D eigenvalue weighted by Crippen LogP contribution is 2.18. The number of rotatable bonds is 6. The molecule has 0 fully saturated rings. The number of amides is 2. The van der Waals surface area contributed by atoms with E-state index in [2.05, 4.69) is 15.6 Å². The molecule has 7 nitrogen and oxygen atoms in total. The summed E-state index contributed by atoms with van der Waals surface area (Å²) in [6.07, 6.45) is 1.71. The zero-order valence-electron chi connectivity index (χ0n) is 14.7. The fourth-order valence-electron chi connectivity index (χ4n) is 2.61. The molecular weight excluding hydrogens is 332 g/mol. The predicted molar refractivity (Wildman–Crippen MR) is 98.5 cm³/mol. The lowest BCUT2D eigenvalue weighted by Gasteiger charge is -2.06. The van der Waals surface area contributed by atoms with E-state index in [1.807, 2.05) is 31.2 Å². The van der Waals surface area contributed by atoms with E-state index in [1.54, 1.807) is 35.9 Å². The van der Waals surface area contributed by atoms with Crippen LogP contribution in [-0.4, -0.2) is 41.5 Å². The van der Waals surface area contributed by atoms with Gasteiger partial charge in [0.05, 0.1) is 12.1 Å². The molecule has 2 amide bonds. The summed E-state index contributed by atoms with van der Waals surface area (Å²) in [6, 6.07) is 12.8. The van der Waals surface area contributed by atoms with Gasteiger partial charge in [-0.05, 0) is 30.7 Å². The van der Waals surface area contributed by atoms with E-state index in [-0.39, 0.29) is 23.3 Å². The van der Waals surface area contributed by atoms with Gasteiger partial charge in [-0.1, -0.05) is 24.3 Å². The Balaban J connectivity index is 1.92. The molecule has 7 heteroatoms. The van der Waals surface area contributed by atoms with Crippen LogP contribution in [0.2, 0.25) is 0 Å². The van der Waals surface area contributed by atoms with Gasteiger partial charge in [0, 0.05) is 25.5 Å². The molecule has 0 radical (unpaired) electrons. The second-order valence-corrected chi connectivity index (χ2v) is 5.76. The Hall–Kier alpha value is -3.19. The molecule has 0 aliphatic rings. The second kappa shape index (κ2) is 7.79. The minimum Gasteiger partial charge on any atom is -0.383 e. The van der Waals surface area contributed by atoms with Crippen LogP contribution in [0, 0.1) is 6.92 Å². The Morgan fingerprint density at radius 2 is 1.88 bits per heavy atom. The molecular formula is C19H20N4O3. The number of nitrogens with zero attached hydrogens (tertiary/aromatic N) is 2. The summed E-state index contributed by atoms with van der Waals surface area (Å²) in [6.45, 7) is 2.67. The Morgan fingerprint density at radius 1 is 1.12 bits per heavy atom. The van der Waals surface area contributed by atoms with Crippen LogP contribution in [0.3, 0.4) is 0 Å². The number of carbonyl (C=O) groups is 2. The van der Waals surface area contributed by atoms with Crippen molar-refractivity contribution in [2.24, 2.45) is 0 Å². The van der Waals surface area contributed by atoms with Gasteiger partial charge in [-0.25, -0.2) is 4.98 Å². The Bertz CT molecular complexity index is 949. The molecule has 2 N–H and O–H groups in total. The standard InChI is InChI=1S/C19H20N4O3/c1-13-7-3-4-8-14(13)21-18(24)16-15-9-5-6-11-23(15)17(22-16)19(25)20-10-12-26-2/h3-9,11H,10,12H2,1-2H3,(H,20,25)(H,21,24). The van der Waals surface area contributed by atoms with Gasteiger partial charge in [0.1, 0.15) is 0 Å². The molecule has 3 aromatic rings. The van der Waals surface area contributed by atoms with Crippen LogP contribution < -0.4 is 10.6 Å². The molecule has 0 saturated carbocycles. The number of ether oxygens (including phenoxy) is 1. The van der Waals surface area contributed by atoms with Gasteiger partial charge < -0.3 is 15.4 Å². The Morgan fingerprint density at radius 3 is 2.65 bits per heavy atom. The third kappa shape index (κ3) is 3.57. The molecule has 0 aliphatic carbocycles. The van der Waals surface area contributed by atoms with E-state index in [0.29, 0.717) is 24.4 Å². The maximum absolute atomic E-state index is 12.7. The highest BCUT2D eigenvalue weighted by molar-refractivity contribution is 6.09. The number of methoxy groups -OCH3 is 1. The topological polar surface area (TPSA) is 84.7 Å². The number of carbonyl (C=O) groups excluding carboxylic acids is 2. The summed E-state index contributed by atoms with van der Waals surface area (Å²) in [5.41, 5.74) is 2.42. The van der Waals surface area contributed by atoms with Crippen LogP contribution in [0.25, 0.3) is 5.52 Å². The number of fused-ring (bicyclic) bond motifs is 1. The van der Waals surface area contributed by atoms with Crippen molar-refractivity contribution in [3.05, 3.63) is 65.7 Å². The van der Waals surface area contributed by atoms with Crippen molar-refractivity contribution >= 4 is 23.0 Å². The van der Waals surface area contributed by atoms with E-state index >= 15 is 0 Å². The van der Waals surface area contributed by atoms with Crippen molar-refractivity contribution in [3.63, 3.8) is 0 Å². The second-order valence-electron chi connectivity index (χ2n) is 5.76. The third-order valence-corrected chi connectivity index (χ3v) is 3.95. The first-order chi connectivity index (χ1) is 12.6. The van der Waals surface area contributed by atoms with Crippen LogP contribution in [-0.2, 0) is 4.74 Å². The minimum atomic E-state index is -0.363. The smallest absolute Gasteiger partial charge is 0.287 e. The van der Waals surface area contributed by atoms with Crippen molar-refractivity contribution in [1.29, 1.82) is 0 Å². The average Bonchev–Trinajstić information content (AvgIpc) is 3.04. The molecule has 0 atom stereocenters. The molecule has 0 saturated heterocycles. The highest BCUT2D eigenvalue weighted by atomic mass is 16.5. The predicted octanol–water partition coefficient (Wildman–Crippen LogP) is 2.27. The van der Waals surface area contributed by atoms with Crippen LogP contribution in [0.5, 0.6) is 0 Å². The van der Waals surface area contributed by atoms with Gasteiger partial charge in [-0.2, -0.15) is 0 Å². The highest BCUT2D eigenvalue weighted by Gasteiger charge is 2.21. The van der Waals surface area contributed by atoms with Crippen molar-refractivity contribution in [2.75, 3.05) is 25.6 Å². The summed E-state index contributed by atoms with van der Waals surface area (Å²) in [5.74, 6) is -0.566. The van der Waals surface area contributed by atoms with E-state index < -0.39 is 0 Å². The number of nitrogens with one attached hydrogen (secondary N) is 2.